The molecule has 1 aliphatic heterocycles. The van der Waals surface area contributed by atoms with Crippen LogP contribution in [0.3, 0.4) is 0 Å². The molecule has 1 heterocycles. The van der Waals surface area contributed by atoms with Crippen molar-refractivity contribution in [3.05, 3.63) is 88.9 Å². The average molecular weight is 535 g/mol. The van der Waals surface area contributed by atoms with Gasteiger partial charge in [-0.2, -0.15) is 0 Å². The van der Waals surface area contributed by atoms with Gasteiger partial charge < -0.3 is 19.6 Å². The molecular formula is C30H31ClN2O5. The Morgan fingerprint density at radius 2 is 1.71 bits per heavy atom. The summed E-state index contributed by atoms with van der Waals surface area (Å²) in [6.07, 6.45) is 0.948. The predicted octanol–water partition coefficient (Wildman–Crippen LogP) is 6.16. The van der Waals surface area contributed by atoms with Gasteiger partial charge in [0.05, 0.1) is 12.5 Å². The van der Waals surface area contributed by atoms with Crippen LogP contribution in [0.25, 0.3) is 0 Å². The number of nitrogens with zero attached hydrogens (tertiary/aromatic N) is 2. The zero-order chi connectivity index (χ0) is 27.2. The lowest BCUT2D eigenvalue weighted by molar-refractivity contribution is -0.137. The summed E-state index contributed by atoms with van der Waals surface area (Å²) >= 11 is 6.05. The van der Waals surface area contributed by atoms with Crippen molar-refractivity contribution in [2.75, 3.05) is 23.0 Å². The van der Waals surface area contributed by atoms with Crippen LogP contribution in [0.1, 0.15) is 54.9 Å². The highest BCUT2D eigenvalue weighted by Crippen LogP contribution is 2.41. The second-order valence-electron chi connectivity index (χ2n) is 9.30. The second-order valence-corrected chi connectivity index (χ2v) is 9.74. The molecule has 0 aliphatic carbocycles. The largest absolute Gasteiger partial charge is 0.494 e. The van der Waals surface area contributed by atoms with Crippen molar-refractivity contribution >= 4 is 40.8 Å². The van der Waals surface area contributed by atoms with E-state index in [0.29, 0.717) is 35.7 Å². The van der Waals surface area contributed by atoms with Crippen LogP contribution < -0.4 is 14.5 Å². The van der Waals surface area contributed by atoms with Crippen LogP contribution >= 0.6 is 11.6 Å². The van der Waals surface area contributed by atoms with Gasteiger partial charge in [0, 0.05) is 41.0 Å². The molecule has 0 bridgehead atoms. The van der Waals surface area contributed by atoms with Crippen LogP contribution in [-0.2, 0) is 9.59 Å². The molecule has 0 aromatic heterocycles. The topological polar surface area (TPSA) is 87.2 Å². The molecule has 0 spiro atoms. The lowest BCUT2D eigenvalue weighted by atomic mass is 9.84. The molecule has 0 radical (unpaired) electrons. The Bertz CT molecular complexity index is 1290. The van der Waals surface area contributed by atoms with Gasteiger partial charge in [0.25, 0.3) is 5.91 Å². The monoisotopic (exact) mass is 534 g/mol. The minimum absolute atomic E-state index is 0.00868. The normalized spacial score (nSPS) is 16.4. The predicted molar refractivity (Wildman–Crippen MR) is 148 cm³/mol. The number of amides is 2. The number of likely N-dealkylation sites (N-methyl/N-ethyl adjacent to an activating group) is 1. The van der Waals surface area contributed by atoms with E-state index in [1.807, 2.05) is 50.2 Å². The highest BCUT2D eigenvalue weighted by atomic mass is 35.5. The van der Waals surface area contributed by atoms with E-state index >= 15 is 0 Å². The van der Waals surface area contributed by atoms with Crippen molar-refractivity contribution in [2.24, 2.45) is 0 Å². The number of carboxylic acids is 1. The number of fused-ring (bicyclic) bond motifs is 1. The van der Waals surface area contributed by atoms with Crippen LogP contribution in [0.5, 0.6) is 5.75 Å². The van der Waals surface area contributed by atoms with Gasteiger partial charge >= 0.3 is 5.97 Å². The molecule has 0 fully saturated rings. The lowest BCUT2D eigenvalue weighted by Gasteiger charge is -2.40. The Morgan fingerprint density at radius 1 is 1.03 bits per heavy atom. The molecule has 2 atom stereocenters. The third-order valence-electron chi connectivity index (χ3n) is 6.73. The summed E-state index contributed by atoms with van der Waals surface area (Å²) in [4.78, 5) is 41.6. The summed E-state index contributed by atoms with van der Waals surface area (Å²) in [5.74, 6) is -0.834. The molecule has 198 valence electrons. The fourth-order valence-electron chi connectivity index (χ4n) is 4.88. The van der Waals surface area contributed by atoms with Gasteiger partial charge in [0.1, 0.15) is 5.75 Å². The van der Waals surface area contributed by atoms with E-state index in [1.54, 1.807) is 46.2 Å². The fourth-order valence-corrected chi connectivity index (χ4v) is 5.00. The molecule has 3 aromatic carbocycles. The molecule has 4 rings (SSSR count). The van der Waals surface area contributed by atoms with Gasteiger partial charge in [-0.05, 0) is 86.8 Å². The zero-order valence-electron chi connectivity index (χ0n) is 21.5. The van der Waals surface area contributed by atoms with Crippen molar-refractivity contribution in [1.82, 2.24) is 0 Å². The Kier molecular flexibility index (Phi) is 8.69. The van der Waals surface area contributed by atoms with E-state index in [1.165, 1.54) is 0 Å². The third kappa shape index (κ3) is 6.00. The Hall–Kier alpha value is -3.84. The first-order chi connectivity index (χ1) is 18.3. The number of benzene rings is 3. The summed E-state index contributed by atoms with van der Waals surface area (Å²) in [7, 11) is 0. The number of carboxylic acid groups (broad SMARTS) is 1. The van der Waals surface area contributed by atoms with Crippen molar-refractivity contribution in [3.8, 4) is 5.75 Å². The van der Waals surface area contributed by atoms with E-state index in [4.69, 9.17) is 21.4 Å². The molecule has 38 heavy (non-hydrogen) atoms. The average Bonchev–Trinajstić information content (AvgIpc) is 2.92. The smallest absolute Gasteiger partial charge is 0.303 e. The molecule has 3 aromatic rings. The number of anilines is 2. The molecule has 0 unspecified atom stereocenters. The van der Waals surface area contributed by atoms with Gasteiger partial charge in [0.2, 0.25) is 5.91 Å². The quantitative estimate of drug-likeness (QED) is 0.332. The molecule has 0 saturated heterocycles. The zero-order valence-corrected chi connectivity index (χ0v) is 22.2. The SMILES string of the molecule is CCN(C(=O)[C@H]1C[C@@H](C)N(C(=O)c2ccc(OCCCC(=O)O)cc2)c2ccccc21)c1ccc(Cl)cc1. The Labute approximate surface area is 227 Å². The Balaban J connectivity index is 1.55. The van der Waals surface area contributed by atoms with Gasteiger partial charge in [-0.1, -0.05) is 29.8 Å². The molecule has 1 aliphatic rings. The number of ether oxygens (including phenoxy) is 1. The first-order valence-corrected chi connectivity index (χ1v) is 13.1. The van der Waals surface area contributed by atoms with Crippen LogP contribution in [0.2, 0.25) is 5.02 Å². The van der Waals surface area contributed by atoms with Crippen molar-refractivity contribution in [1.29, 1.82) is 0 Å². The van der Waals surface area contributed by atoms with Gasteiger partial charge in [-0.3, -0.25) is 14.4 Å². The molecule has 0 saturated carbocycles. The highest BCUT2D eigenvalue weighted by Gasteiger charge is 2.38. The third-order valence-corrected chi connectivity index (χ3v) is 6.98. The van der Waals surface area contributed by atoms with E-state index < -0.39 is 5.97 Å². The van der Waals surface area contributed by atoms with Crippen LogP contribution in [0.15, 0.2) is 72.8 Å². The van der Waals surface area contributed by atoms with Gasteiger partial charge in [-0.25, -0.2) is 0 Å². The minimum Gasteiger partial charge on any atom is -0.494 e. The maximum absolute atomic E-state index is 13.8. The van der Waals surface area contributed by atoms with E-state index in [9.17, 15) is 14.4 Å². The Morgan fingerprint density at radius 3 is 2.37 bits per heavy atom. The van der Waals surface area contributed by atoms with Crippen molar-refractivity contribution in [2.45, 2.75) is 45.1 Å². The van der Waals surface area contributed by atoms with Crippen LogP contribution in [0, 0.1) is 0 Å². The van der Waals surface area contributed by atoms with E-state index in [-0.39, 0.29) is 36.8 Å². The number of carbonyl (C=O) groups is 3. The number of hydrogen-bond acceptors (Lipinski definition) is 4. The summed E-state index contributed by atoms with van der Waals surface area (Å²) in [6.45, 7) is 4.71. The maximum atomic E-state index is 13.8. The second kappa shape index (κ2) is 12.1. The summed E-state index contributed by atoms with van der Waals surface area (Å²) in [6, 6.07) is 21.5. The molecule has 2 amide bonds. The van der Waals surface area contributed by atoms with Gasteiger partial charge in [-0.15, -0.1) is 0 Å². The fraction of sp³-hybridized carbons (Fsp3) is 0.300. The van der Waals surface area contributed by atoms with Crippen molar-refractivity contribution in [3.63, 3.8) is 0 Å². The van der Waals surface area contributed by atoms with Crippen molar-refractivity contribution < 1.29 is 24.2 Å². The number of carbonyl (C=O) groups excluding carboxylic acids is 2. The molecule has 7 nitrogen and oxygen atoms in total. The molecular weight excluding hydrogens is 504 g/mol. The first kappa shape index (κ1) is 27.2. The number of hydrogen-bond donors (Lipinski definition) is 1. The van der Waals surface area contributed by atoms with E-state index in [0.717, 1.165) is 16.9 Å². The molecule has 8 heteroatoms. The number of para-hydroxylation sites is 1. The van der Waals surface area contributed by atoms with E-state index in [2.05, 4.69) is 0 Å². The summed E-state index contributed by atoms with van der Waals surface area (Å²) in [5, 5.41) is 9.36. The molecule has 1 N–H and O–H groups in total. The first-order valence-electron chi connectivity index (χ1n) is 12.7. The van der Waals surface area contributed by atoms with Crippen LogP contribution in [-0.4, -0.2) is 42.1 Å². The lowest BCUT2D eigenvalue weighted by Crippen LogP contribution is -2.46. The maximum Gasteiger partial charge on any atom is 0.303 e. The number of rotatable bonds is 9. The highest BCUT2D eigenvalue weighted by molar-refractivity contribution is 6.30. The van der Waals surface area contributed by atoms with Crippen LogP contribution in [0.4, 0.5) is 11.4 Å². The summed E-state index contributed by atoms with van der Waals surface area (Å²) < 4.78 is 5.59. The minimum atomic E-state index is -0.859. The van der Waals surface area contributed by atoms with Gasteiger partial charge in [0.15, 0.2) is 0 Å². The number of halogens is 1. The number of aliphatic carboxylic acids is 1. The standard InChI is InChI=1S/C30H31ClN2O5/c1-3-32(23-14-12-22(31)13-15-23)30(37)26-19-20(2)33(27-8-5-4-7-25(26)27)29(36)21-10-16-24(17-11-21)38-18-6-9-28(34)35/h4-5,7-8,10-17,20,26H,3,6,9,18-19H2,1-2H3,(H,34,35)/t20-,26+/m1/s1. The summed E-state index contributed by atoms with van der Waals surface area (Å²) in [5.41, 5.74) is 2.85.